The van der Waals surface area contributed by atoms with Crippen molar-refractivity contribution < 1.29 is 14.3 Å². The van der Waals surface area contributed by atoms with Crippen LogP contribution in [-0.2, 0) is 4.74 Å². The number of rotatable bonds is 3. The van der Waals surface area contributed by atoms with Crippen molar-refractivity contribution in [3.05, 3.63) is 57.6 Å². The molecule has 0 amide bonds. The van der Waals surface area contributed by atoms with Gasteiger partial charge >= 0.3 is 5.97 Å². The largest absolute Gasteiger partial charge is 0.495 e. The first-order chi connectivity index (χ1) is 13.0. The minimum atomic E-state index is -0.587. The van der Waals surface area contributed by atoms with Crippen LogP contribution in [-0.4, -0.2) is 44.6 Å². The van der Waals surface area contributed by atoms with E-state index >= 15 is 0 Å². The number of esters is 1. The van der Waals surface area contributed by atoms with Gasteiger partial charge in [0.2, 0.25) is 0 Å². The van der Waals surface area contributed by atoms with E-state index in [1.807, 2.05) is 0 Å². The normalized spacial score (nSPS) is 11.1. The molecular weight excluding hydrogens is 374 g/mol. The number of methoxy groups -OCH3 is 2. The molecule has 9 nitrogen and oxygen atoms in total. The van der Waals surface area contributed by atoms with E-state index in [9.17, 15) is 9.59 Å². The number of nitrogens with zero attached hydrogens (tertiary/aromatic N) is 5. The highest BCUT2D eigenvalue weighted by atomic mass is 35.5. The van der Waals surface area contributed by atoms with E-state index in [0.717, 1.165) is 0 Å². The fraction of sp³-hybridized carbons (Fsp3) is 0.118. The molecule has 0 saturated heterocycles. The van der Waals surface area contributed by atoms with Crippen molar-refractivity contribution in [1.82, 2.24) is 24.4 Å². The van der Waals surface area contributed by atoms with Crippen LogP contribution in [0.2, 0.25) is 5.02 Å². The third-order valence-electron chi connectivity index (χ3n) is 4.07. The van der Waals surface area contributed by atoms with Gasteiger partial charge in [0.05, 0.1) is 26.1 Å². The van der Waals surface area contributed by atoms with Crippen LogP contribution < -0.4 is 10.3 Å². The van der Waals surface area contributed by atoms with Crippen molar-refractivity contribution in [3.8, 4) is 11.4 Å². The number of halogens is 1. The third kappa shape index (κ3) is 2.59. The lowest BCUT2D eigenvalue weighted by atomic mass is 10.2. The molecule has 0 unspecified atom stereocenters. The Kier molecular flexibility index (Phi) is 4.00. The Labute approximate surface area is 156 Å². The Hall–Kier alpha value is -3.46. The van der Waals surface area contributed by atoms with E-state index in [-0.39, 0.29) is 16.7 Å². The predicted octanol–water partition coefficient (Wildman–Crippen LogP) is 1.88. The molecule has 4 rings (SSSR count). The monoisotopic (exact) mass is 385 g/mol. The van der Waals surface area contributed by atoms with Crippen molar-refractivity contribution in [1.29, 1.82) is 0 Å². The minimum absolute atomic E-state index is 0.0755. The Morgan fingerprint density at radius 2 is 2.00 bits per heavy atom. The van der Waals surface area contributed by atoms with Gasteiger partial charge in [0, 0.05) is 11.2 Å². The summed E-state index contributed by atoms with van der Waals surface area (Å²) in [5.41, 5.74) is 0.871. The number of ether oxygens (including phenoxy) is 2. The van der Waals surface area contributed by atoms with Gasteiger partial charge in [0.15, 0.2) is 11.2 Å². The minimum Gasteiger partial charge on any atom is -0.495 e. The zero-order valence-corrected chi connectivity index (χ0v) is 15.0. The van der Waals surface area contributed by atoms with E-state index in [1.54, 1.807) is 30.5 Å². The van der Waals surface area contributed by atoms with E-state index in [2.05, 4.69) is 15.3 Å². The number of hydrogen-bond donors (Lipinski definition) is 0. The second-order valence-electron chi connectivity index (χ2n) is 5.53. The van der Waals surface area contributed by atoms with Crippen LogP contribution in [0, 0.1) is 0 Å². The maximum atomic E-state index is 13.0. The summed E-state index contributed by atoms with van der Waals surface area (Å²) >= 11 is 6.06. The molecule has 0 aliphatic rings. The van der Waals surface area contributed by atoms with Gasteiger partial charge in [-0.05, 0) is 24.3 Å². The van der Waals surface area contributed by atoms with Gasteiger partial charge in [-0.1, -0.05) is 11.6 Å². The highest BCUT2D eigenvalue weighted by Gasteiger charge is 2.19. The molecule has 0 spiro atoms. The number of aromatic nitrogens is 5. The molecule has 0 radical (unpaired) electrons. The van der Waals surface area contributed by atoms with Gasteiger partial charge in [-0.25, -0.2) is 9.31 Å². The Bertz CT molecular complexity index is 1260. The first-order valence-electron chi connectivity index (χ1n) is 7.73. The summed E-state index contributed by atoms with van der Waals surface area (Å²) in [5.74, 6) is -0.113. The zero-order chi connectivity index (χ0) is 19.1. The van der Waals surface area contributed by atoms with Crippen molar-refractivity contribution in [2.45, 2.75) is 0 Å². The molecule has 4 aromatic rings. The van der Waals surface area contributed by atoms with Crippen molar-refractivity contribution in [2.75, 3.05) is 14.2 Å². The first-order valence-corrected chi connectivity index (χ1v) is 8.11. The third-order valence-corrected chi connectivity index (χ3v) is 4.30. The second-order valence-corrected chi connectivity index (χ2v) is 5.96. The molecular formula is C17H12ClN5O4. The highest BCUT2D eigenvalue weighted by molar-refractivity contribution is 6.30. The molecule has 27 heavy (non-hydrogen) atoms. The topological polar surface area (TPSA) is 101 Å². The van der Waals surface area contributed by atoms with Gasteiger partial charge in [-0.15, -0.1) is 10.2 Å². The number of hydrogen-bond acceptors (Lipinski definition) is 7. The summed E-state index contributed by atoms with van der Waals surface area (Å²) < 4.78 is 12.7. The van der Waals surface area contributed by atoms with Gasteiger partial charge in [-0.2, -0.15) is 5.10 Å². The number of carbonyl (C=O) groups excluding carboxylic acids is 1. The summed E-state index contributed by atoms with van der Waals surface area (Å²) in [6, 6.07) is 6.59. The van der Waals surface area contributed by atoms with E-state index in [0.29, 0.717) is 22.0 Å². The Balaban J connectivity index is 1.99. The molecule has 0 atom stereocenters. The van der Waals surface area contributed by atoms with Gasteiger partial charge in [0.1, 0.15) is 16.8 Å². The molecule has 0 N–H and O–H groups in total. The van der Waals surface area contributed by atoms with E-state index in [1.165, 1.54) is 29.5 Å². The number of benzene rings is 1. The maximum Gasteiger partial charge on any atom is 0.343 e. The average Bonchev–Trinajstić information content (AvgIpc) is 3.12. The molecule has 1 aromatic carbocycles. The summed E-state index contributed by atoms with van der Waals surface area (Å²) in [6.45, 7) is 0. The molecule has 0 bridgehead atoms. The van der Waals surface area contributed by atoms with Crippen LogP contribution in [0.3, 0.4) is 0 Å². The van der Waals surface area contributed by atoms with Crippen molar-refractivity contribution >= 4 is 34.3 Å². The highest BCUT2D eigenvalue weighted by Crippen LogP contribution is 2.26. The van der Waals surface area contributed by atoms with Crippen LogP contribution >= 0.6 is 11.6 Å². The summed E-state index contributed by atoms with van der Waals surface area (Å²) in [6.07, 6.45) is 2.88. The maximum absolute atomic E-state index is 13.0. The van der Waals surface area contributed by atoms with Crippen LogP contribution in [0.5, 0.6) is 5.75 Å². The van der Waals surface area contributed by atoms with Gasteiger partial charge in [-0.3, -0.25) is 9.36 Å². The smallest absolute Gasteiger partial charge is 0.343 e. The van der Waals surface area contributed by atoms with Crippen LogP contribution in [0.15, 0.2) is 41.5 Å². The second kappa shape index (κ2) is 6.36. The van der Waals surface area contributed by atoms with Crippen LogP contribution in [0.25, 0.3) is 22.4 Å². The molecule has 0 aliphatic carbocycles. The Morgan fingerprint density at radius 1 is 1.19 bits per heavy atom. The van der Waals surface area contributed by atoms with E-state index < -0.39 is 11.5 Å². The summed E-state index contributed by atoms with van der Waals surface area (Å²) in [4.78, 5) is 24.8. The van der Waals surface area contributed by atoms with Crippen LogP contribution in [0.1, 0.15) is 10.4 Å². The number of fused-ring (bicyclic) bond motifs is 3. The van der Waals surface area contributed by atoms with E-state index in [4.69, 9.17) is 21.1 Å². The van der Waals surface area contributed by atoms with Gasteiger partial charge in [0.25, 0.3) is 5.56 Å². The zero-order valence-electron chi connectivity index (χ0n) is 14.2. The number of pyridine rings is 1. The molecule has 10 heteroatoms. The van der Waals surface area contributed by atoms with Crippen LogP contribution in [0.4, 0.5) is 0 Å². The fourth-order valence-electron chi connectivity index (χ4n) is 2.79. The molecule has 3 aromatic heterocycles. The van der Waals surface area contributed by atoms with Crippen molar-refractivity contribution in [3.63, 3.8) is 0 Å². The lowest BCUT2D eigenvalue weighted by Gasteiger charge is -2.12. The lowest BCUT2D eigenvalue weighted by Crippen LogP contribution is -2.20. The molecule has 0 fully saturated rings. The first kappa shape index (κ1) is 17.0. The Morgan fingerprint density at radius 3 is 2.74 bits per heavy atom. The summed E-state index contributed by atoms with van der Waals surface area (Å²) in [5, 5.41) is 12.5. The fourth-order valence-corrected chi connectivity index (χ4v) is 2.95. The van der Waals surface area contributed by atoms with Crippen molar-refractivity contribution in [2.24, 2.45) is 0 Å². The molecule has 136 valence electrons. The molecule has 0 aliphatic heterocycles. The average molecular weight is 386 g/mol. The predicted molar refractivity (Wildman–Crippen MR) is 96.8 cm³/mol. The molecule has 0 saturated carbocycles. The quantitative estimate of drug-likeness (QED) is 0.496. The van der Waals surface area contributed by atoms with Gasteiger partial charge < -0.3 is 9.47 Å². The standard InChI is InChI=1S/C17H12ClN5O4/c1-26-13-4-3-9(18)7-12(13)22-6-5-11-14(16(22)24)20-21-15-10(17(25)27-2)8-19-23(11)15/h3-8H,1-2H3. The number of carbonyl (C=O) groups is 1. The summed E-state index contributed by atoms with van der Waals surface area (Å²) in [7, 11) is 2.76. The lowest BCUT2D eigenvalue weighted by molar-refractivity contribution is 0.0602. The SMILES string of the molecule is COC(=O)c1cnn2c1nnc1c(=O)n(-c3cc(Cl)ccc3OC)ccc12. The molecule has 3 heterocycles.